The minimum absolute atomic E-state index is 1.12. The van der Waals surface area contributed by atoms with Crippen LogP contribution in [0.3, 0.4) is 0 Å². The van der Waals surface area contributed by atoms with E-state index in [2.05, 4.69) is 13.5 Å². The SMILES string of the molecule is C=CCSCCCCCCCCCCCCCCCCCC. The van der Waals surface area contributed by atoms with E-state index >= 15 is 0 Å². The van der Waals surface area contributed by atoms with Gasteiger partial charge in [0.05, 0.1) is 0 Å². The molecule has 0 radical (unpaired) electrons. The van der Waals surface area contributed by atoms with Gasteiger partial charge in [-0.2, -0.15) is 11.8 Å². The molecule has 22 heavy (non-hydrogen) atoms. The third kappa shape index (κ3) is 20.1. The monoisotopic (exact) mass is 326 g/mol. The third-order valence-corrected chi connectivity index (χ3v) is 5.43. The second kappa shape index (κ2) is 21.1. The maximum absolute atomic E-state index is 3.75. The van der Waals surface area contributed by atoms with Crippen molar-refractivity contribution >= 4 is 11.8 Å². The van der Waals surface area contributed by atoms with Gasteiger partial charge in [0.2, 0.25) is 0 Å². The van der Waals surface area contributed by atoms with Gasteiger partial charge in [0.25, 0.3) is 0 Å². The first-order chi connectivity index (χ1) is 10.9. The molecule has 0 unspecified atom stereocenters. The van der Waals surface area contributed by atoms with Crippen LogP contribution in [-0.2, 0) is 0 Å². The van der Waals surface area contributed by atoms with Gasteiger partial charge in [-0.25, -0.2) is 0 Å². The fourth-order valence-electron chi connectivity index (χ4n) is 2.92. The molecule has 1 heteroatoms. The molecule has 0 N–H and O–H groups in total. The summed E-state index contributed by atoms with van der Waals surface area (Å²) in [7, 11) is 0. The van der Waals surface area contributed by atoms with Crippen LogP contribution < -0.4 is 0 Å². The van der Waals surface area contributed by atoms with Crippen molar-refractivity contribution in [2.24, 2.45) is 0 Å². The van der Waals surface area contributed by atoms with Crippen molar-refractivity contribution in [2.75, 3.05) is 11.5 Å². The molecule has 0 heterocycles. The molecule has 0 amide bonds. The molecule has 0 aliphatic heterocycles. The van der Waals surface area contributed by atoms with E-state index < -0.39 is 0 Å². The minimum atomic E-state index is 1.12. The maximum Gasteiger partial charge on any atom is 0.0110 e. The van der Waals surface area contributed by atoms with E-state index in [1.54, 1.807) is 0 Å². The van der Waals surface area contributed by atoms with E-state index in [1.807, 2.05) is 17.8 Å². The van der Waals surface area contributed by atoms with Crippen LogP contribution in [0.15, 0.2) is 12.7 Å². The first-order valence-electron chi connectivity index (χ1n) is 10.1. The highest BCUT2D eigenvalue weighted by Crippen LogP contribution is 2.14. The van der Waals surface area contributed by atoms with Crippen LogP contribution in [0.25, 0.3) is 0 Å². The number of hydrogen-bond acceptors (Lipinski definition) is 1. The quantitative estimate of drug-likeness (QED) is 0.170. The number of thioether (sulfide) groups is 1. The van der Waals surface area contributed by atoms with Crippen molar-refractivity contribution in [3.8, 4) is 0 Å². The third-order valence-electron chi connectivity index (χ3n) is 4.38. The van der Waals surface area contributed by atoms with Crippen molar-refractivity contribution in [2.45, 2.75) is 110 Å². The van der Waals surface area contributed by atoms with Gasteiger partial charge in [0, 0.05) is 5.75 Å². The maximum atomic E-state index is 3.75. The highest BCUT2D eigenvalue weighted by molar-refractivity contribution is 7.99. The van der Waals surface area contributed by atoms with Crippen LogP contribution in [0.5, 0.6) is 0 Å². The molecule has 0 atom stereocenters. The minimum Gasteiger partial charge on any atom is -0.158 e. The Labute approximate surface area is 145 Å². The lowest BCUT2D eigenvalue weighted by molar-refractivity contribution is 0.532. The van der Waals surface area contributed by atoms with Gasteiger partial charge < -0.3 is 0 Å². The molecule has 0 bridgehead atoms. The number of hydrogen-bond donors (Lipinski definition) is 0. The number of unbranched alkanes of at least 4 members (excludes halogenated alkanes) is 15. The fraction of sp³-hybridized carbons (Fsp3) is 0.905. The molecule has 0 nitrogen and oxygen atoms in total. The standard InChI is InChI=1S/C21H42S/c1-3-5-6-7-8-9-10-11-12-13-14-15-16-17-18-19-21-22-20-4-2/h4H,2-3,5-21H2,1H3. The summed E-state index contributed by atoms with van der Waals surface area (Å²) < 4.78 is 0. The van der Waals surface area contributed by atoms with Gasteiger partial charge in [0.15, 0.2) is 0 Å². The fourth-order valence-corrected chi connectivity index (χ4v) is 3.66. The van der Waals surface area contributed by atoms with Crippen LogP contribution in [0.1, 0.15) is 110 Å². The van der Waals surface area contributed by atoms with Gasteiger partial charge in [0.1, 0.15) is 0 Å². The van der Waals surface area contributed by atoms with E-state index in [-0.39, 0.29) is 0 Å². The van der Waals surface area contributed by atoms with E-state index in [1.165, 1.54) is 108 Å². The zero-order valence-electron chi connectivity index (χ0n) is 15.4. The van der Waals surface area contributed by atoms with Crippen LogP contribution in [-0.4, -0.2) is 11.5 Å². The van der Waals surface area contributed by atoms with Crippen molar-refractivity contribution in [3.63, 3.8) is 0 Å². The summed E-state index contributed by atoms with van der Waals surface area (Å²) >= 11 is 2.02. The number of rotatable bonds is 19. The van der Waals surface area contributed by atoms with Crippen LogP contribution in [0, 0.1) is 0 Å². The Balaban J connectivity index is 2.92. The van der Waals surface area contributed by atoms with Gasteiger partial charge in [-0.1, -0.05) is 109 Å². The van der Waals surface area contributed by atoms with Crippen LogP contribution >= 0.6 is 11.8 Å². The molecule has 0 aliphatic carbocycles. The summed E-state index contributed by atoms with van der Waals surface area (Å²) in [4.78, 5) is 0. The molecule has 0 fully saturated rings. The topological polar surface area (TPSA) is 0 Å². The lowest BCUT2D eigenvalue weighted by Crippen LogP contribution is -1.85. The Kier molecular flexibility index (Phi) is 21.2. The normalized spacial score (nSPS) is 11.0. The van der Waals surface area contributed by atoms with Gasteiger partial charge in [-0.3, -0.25) is 0 Å². The molecule has 0 saturated heterocycles. The summed E-state index contributed by atoms with van der Waals surface area (Å²) in [5, 5.41) is 0. The first kappa shape index (κ1) is 22.1. The molecule has 0 spiro atoms. The molecule has 0 saturated carbocycles. The first-order valence-corrected chi connectivity index (χ1v) is 11.3. The average Bonchev–Trinajstić information content (AvgIpc) is 2.54. The Hall–Kier alpha value is 0.0900. The molecule has 0 aliphatic rings. The Morgan fingerprint density at radius 1 is 0.591 bits per heavy atom. The summed E-state index contributed by atoms with van der Waals surface area (Å²) in [6.07, 6.45) is 25.3. The van der Waals surface area contributed by atoms with E-state index in [4.69, 9.17) is 0 Å². The Morgan fingerprint density at radius 2 is 0.955 bits per heavy atom. The van der Waals surface area contributed by atoms with Gasteiger partial charge in [-0.15, -0.1) is 6.58 Å². The largest absolute Gasteiger partial charge is 0.158 e. The molecular weight excluding hydrogens is 284 g/mol. The van der Waals surface area contributed by atoms with E-state index in [0.717, 1.165) is 5.75 Å². The van der Waals surface area contributed by atoms with Crippen molar-refractivity contribution in [1.29, 1.82) is 0 Å². The summed E-state index contributed by atoms with van der Waals surface area (Å²) in [5.41, 5.74) is 0. The second-order valence-corrected chi connectivity index (χ2v) is 7.82. The predicted octanol–water partition coefficient (Wildman–Crippen LogP) is 8.17. The molecule has 0 aromatic rings. The Bertz CT molecular complexity index is 200. The molecule has 0 aromatic carbocycles. The van der Waals surface area contributed by atoms with Crippen LogP contribution in [0.2, 0.25) is 0 Å². The predicted molar refractivity (Wildman–Crippen MR) is 107 cm³/mol. The highest BCUT2D eigenvalue weighted by atomic mass is 32.2. The highest BCUT2D eigenvalue weighted by Gasteiger charge is 1.94. The summed E-state index contributed by atoms with van der Waals surface area (Å²) in [6.45, 7) is 6.05. The van der Waals surface area contributed by atoms with Gasteiger partial charge >= 0.3 is 0 Å². The van der Waals surface area contributed by atoms with Crippen molar-refractivity contribution in [1.82, 2.24) is 0 Å². The lowest BCUT2D eigenvalue weighted by Gasteiger charge is -2.03. The average molecular weight is 327 g/mol. The molecule has 0 aromatic heterocycles. The van der Waals surface area contributed by atoms with Crippen LogP contribution in [0.4, 0.5) is 0 Å². The van der Waals surface area contributed by atoms with E-state index in [0.29, 0.717) is 0 Å². The second-order valence-electron chi connectivity index (χ2n) is 6.67. The van der Waals surface area contributed by atoms with Crippen molar-refractivity contribution in [3.05, 3.63) is 12.7 Å². The summed E-state index contributed by atoms with van der Waals surface area (Å²) in [6, 6.07) is 0. The molecule has 0 rings (SSSR count). The Morgan fingerprint density at radius 3 is 1.32 bits per heavy atom. The smallest absolute Gasteiger partial charge is 0.0110 e. The summed E-state index contributed by atoms with van der Waals surface area (Å²) in [5.74, 6) is 2.45. The van der Waals surface area contributed by atoms with Gasteiger partial charge in [-0.05, 0) is 12.2 Å². The molecule has 132 valence electrons. The lowest BCUT2D eigenvalue weighted by atomic mass is 10.0. The molecular formula is C21H42S. The van der Waals surface area contributed by atoms with E-state index in [9.17, 15) is 0 Å². The zero-order chi connectivity index (χ0) is 16.1. The van der Waals surface area contributed by atoms with Crippen molar-refractivity contribution < 1.29 is 0 Å². The zero-order valence-corrected chi connectivity index (χ0v) is 16.2.